The molecule has 3 rings (SSSR count). The number of carbonyl (C=O) groups excluding carboxylic acids is 2. The first-order valence-corrected chi connectivity index (χ1v) is 9.16. The Morgan fingerprint density at radius 3 is 2.39 bits per heavy atom. The molecule has 11 heteroatoms. The van der Waals surface area contributed by atoms with Gasteiger partial charge in [0.15, 0.2) is 0 Å². The third-order valence-electron chi connectivity index (χ3n) is 4.16. The molecule has 0 spiro atoms. The average molecular weight is 433 g/mol. The number of alkyl halides is 3. The summed E-state index contributed by atoms with van der Waals surface area (Å²) in [6.07, 6.45) is -3.01. The van der Waals surface area contributed by atoms with Crippen LogP contribution in [0.5, 0.6) is 0 Å². The van der Waals surface area contributed by atoms with Crippen LogP contribution in [-0.2, 0) is 17.5 Å². The van der Waals surface area contributed by atoms with Crippen LogP contribution < -0.4 is 10.9 Å². The summed E-state index contributed by atoms with van der Waals surface area (Å²) in [5.41, 5.74) is 3.87. The summed E-state index contributed by atoms with van der Waals surface area (Å²) in [5, 5.41) is 7.94. The predicted octanol–water partition coefficient (Wildman–Crippen LogP) is 2.90. The molecule has 31 heavy (non-hydrogen) atoms. The van der Waals surface area contributed by atoms with Crippen molar-refractivity contribution in [1.82, 2.24) is 25.8 Å². The van der Waals surface area contributed by atoms with Crippen LogP contribution >= 0.6 is 0 Å². The fraction of sp³-hybridized carbons (Fsp3) is 0.200. The van der Waals surface area contributed by atoms with Crippen molar-refractivity contribution in [3.8, 4) is 5.69 Å². The summed E-state index contributed by atoms with van der Waals surface area (Å²) >= 11 is 0. The van der Waals surface area contributed by atoms with E-state index in [0.717, 1.165) is 12.1 Å². The van der Waals surface area contributed by atoms with Crippen molar-refractivity contribution >= 4 is 11.8 Å². The molecule has 8 nitrogen and oxygen atoms in total. The van der Waals surface area contributed by atoms with Crippen molar-refractivity contribution in [2.75, 3.05) is 6.61 Å². The number of nitrogens with zero attached hydrogens (tertiary/aromatic N) is 3. The van der Waals surface area contributed by atoms with Crippen molar-refractivity contribution in [1.29, 1.82) is 0 Å². The maximum Gasteiger partial charge on any atom is 0.417 e. The van der Waals surface area contributed by atoms with Crippen LogP contribution in [0.25, 0.3) is 5.69 Å². The van der Waals surface area contributed by atoms with Crippen LogP contribution in [0.1, 0.15) is 38.9 Å². The fourth-order valence-corrected chi connectivity index (χ4v) is 2.64. The minimum Gasteiger partial charge on any atom is -0.375 e. The molecule has 0 aliphatic rings. The Kier molecular flexibility index (Phi) is 6.65. The topological polar surface area (TPSA) is 98.1 Å². The second kappa shape index (κ2) is 9.39. The lowest BCUT2D eigenvalue weighted by Crippen LogP contribution is -2.42. The van der Waals surface area contributed by atoms with Gasteiger partial charge in [-0.25, -0.2) is 4.68 Å². The summed E-state index contributed by atoms with van der Waals surface area (Å²) in [6.45, 7) is 2.74. The molecule has 1 heterocycles. The van der Waals surface area contributed by atoms with E-state index in [9.17, 15) is 22.8 Å². The van der Waals surface area contributed by atoms with E-state index >= 15 is 0 Å². The van der Waals surface area contributed by atoms with Crippen molar-refractivity contribution in [2.45, 2.75) is 19.7 Å². The second-order valence-corrected chi connectivity index (χ2v) is 6.29. The first-order valence-electron chi connectivity index (χ1n) is 9.16. The molecule has 1 aromatic heterocycles. The van der Waals surface area contributed by atoms with E-state index in [1.807, 2.05) is 12.3 Å². The molecule has 2 aromatic carbocycles. The zero-order valence-corrected chi connectivity index (χ0v) is 16.3. The molecule has 0 fully saturated rings. The Balaban J connectivity index is 1.63. The van der Waals surface area contributed by atoms with E-state index in [1.54, 1.807) is 18.3 Å². The predicted molar refractivity (Wildman–Crippen MR) is 103 cm³/mol. The number of ether oxygens (including phenoxy) is 1. The van der Waals surface area contributed by atoms with Crippen molar-refractivity contribution in [2.24, 2.45) is 0 Å². The smallest absolute Gasteiger partial charge is 0.375 e. The molecular weight excluding hydrogens is 415 g/mol. The van der Waals surface area contributed by atoms with E-state index in [-0.39, 0.29) is 5.56 Å². The van der Waals surface area contributed by atoms with Gasteiger partial charge in [-0.2, -0.15) is 13.2 Å². The average Bonchev–Trinajstić information content (AvgIpc) is 3.24. The Bertz CT molecular complexity index is 1060. The zero-order valence-electron chi connectivity index (χ0n) is 16.3. The number of amides is 2. The number of hydrogen-bond acceptors (Lipinski definition) is 5. The van der Waals surface area contributed by atoms with Crippen LogP contribution in [0.3, 0.4) is 0 Å². The van der Waals surface area contributed by atoms with Gasteiger partial charge < -0.3 is 4.74 Å². The first kappa shape index (κ1) is 22.0. The number of benzene rings is 2. The lowest BCUT2D eigenvalue weighted by molar-refractivity contribution is -0.137. The summed E-state index contributed by atoms with van der Waals surface area (Å²) in [6, 6.07) is 10.5. The fourth-order valence-electron chi connectivity index (χ4n) is 2.64. The SMILES string of the molecule is CCOCc1cn(-c2ccc(C(=O)NNC(=O)c3ccccc3C(F)(F)F)cc2)nn1. The monoisotopic (exact) mass is 433 g/mol. The Morgan fingerprint density at radius 1 is 1.03 bits per heavy atom. The van der Waals surface area contributed by atoms with Crippen molar-refractivity contribution < 1.29 is 27.5 Å². The molecule has 0 unspecified atom stereocenters. The molecule has 0 aliphatic heterocycles. The Hall–Kier alpha value is -3.73. The lowest BCUT2D eigenvalue weighted by atomic mass is 10.1. The Morgan fingerprint density at radius 2 is 1.71 bits per heavy atom. The van der Waals surface area contributed by atoms with E-state index in [4.69, 9.17) is 4.74 Å². The van der Waals surface area contributed by atoms with Gasteiger partial charge >= 0.3 is 6.18 Å². The van der Waals surface area contributed by atoms with Gasteiger partial charge in [-0.3, -0.25) is 20.4 Å². The third kappa shape index (κ3) is 5.45. The number of nitrogens with one attached hydrogen (secondary N) is 2. The highest BCUT2D eigenvalue weighted by molar-refractivity contribution is 5.99. The largest absolute Gasteiger partial charge is 0.417 e. The zero-order chi connectivity index (χ0) is 22.4. The van der Waals surface area contributed by atoms with Gasteiger partial charge in [0.1, 0.15) is 5.69 Å². The van der Waals surface area contributed by atoms with Crippen molar-refractivity contribution in [3.63, 3.8) is 0 Å². The molecule has 3 aromatic rings. The number of halogens is 3. The standard InChI is InChI=1S/C20H18F3N5O3/c1-2-31-12-14-11-28(27-24-14)15-9-7-13(8-10-15)18(29)25-26-19(30)16-5-3-4-6-17(16)20(21,22)23/h3-11H,2,12H2,1H3,(H,25,29)(H,26,30). The highest BCUT2D eigenvalue weighted by atomic mass is 19.4. The van der Waals surface area contributed by atoms with Gasteiger partial charge in [-0.15, -0.1) is 5.10 Å². The normalized spacial score (nSPS) is 11.2. The quantitative estimate of drug-likeness (QED) is 0.583. The Labute approximate surface area is 175 Å². The number of rotatable bonds is 6. The number of hydrogen-bond donors (Lipinski definition) is 2. The molecule has 0 saturated heterocycles. The van der Waals surface area contributed by atoms with Gasteiger partial charge in [0.05, 0.1) is 29.6 Å². The van der Waals surface area contributed by atoms with Crippen LogP contribution in [0, 0.1) is 0 Å². The molecule has 2 N–H and O–H groups in total. The van der Waals surface area contributed by atoms with Crippen molar-refractivity contribution in [3.05, 3.63) is 77.1 Å². The molecule has 0 aliphatic carbocycles. The summed E-state index contributed by atoms with van der Waals surface area (Å²) < 4.78 is 45.8. The van der Waals surface area contributed by atoms with Gasteiger partial charge in [0.25, 0.3) is 11.8 Å². The molecule has 2 amide bonds. The molecule has 0 saturated carbocycles. The van der Waals surface area contributed by atoms with E-state index in [0.29, 0.717) is 24.6 Å². The number of hydrazine groups is 1. The highest BCUT2D eigenvalue weighted by Crippen LogP contribution is 2.31. The van der Waals surface area contributed by atoms with Gasteiger partial charge in [0.2, 0.25) is 0 Å². The van der Waals surface area contributed by atoms with Gasteiger partial charge in [0, 0.05) is 12.2 Å². The van der Waals surface area contributed by atoms with Crippen LogP contribution in [0.4, 0.5) is 13.2 Å². The number of aromatic nitrogens is 3. The molecular formula is C20H18F3N5O3. The number of carbonyl (C=O) groups is 2. The molecule has 0 radical (unpaired) electrons. The van der Waals surface area contributed by atoms with Gasteiger partial charge in [-0.1, -0.05) is 17.3 Å². The second-order valence-electron chi connectivity index (χ2n) is 6.29. The molecule has 0 bridgehead atoms. The lowest BCUT2D eigenvalue weighted by Gasteiger charge is -2.13. The minimum absolute atomic E-state index is 0.183. The maximum absolute atomic E-state index is 13.0. The van der Waals surface area contributed by atoms with E-state index < -0.39 is 29.1 Å². The highest BCUT2D eigenvalue weighted by Gasteiger charge is 2.34. The van der Waals surface area contributed by atoms with E-state index in [2.05, 4.69) is 15.7 Å². The summed E-state index contributed by atoms with van der Waals surface area (Å²) in [5.74, 6) is -1.78. The minimum atomic E-state index is -4.70. The summed E-state index contributed by atoms with van der Waals surface area (Å²) in [7, 11) is 0. The van der Waals surface area contributed by atoms with Gasteiger partial charge in [-0.05, 0) is 43.3 Å². The first-order chi connectivity index (χ1) is 14.8. The molecule has 0 atom stereocenters. The molecule has 162 valence electrons. The van der Waals surface area contributed by atoms with Crippen LogP contribution in [0.2, 0.25) is 0 Å². The van der Waals surface area contributed by atoms with Crippen LogP contribution in [-0.4, -0.2) is 33.4 Å². The maximum atomic E-state index is 13.0. The van der Waals surface area contributed by atoms with Crippen LogP contribution in [0.15, 0.2) is 54.7 Å². The third-order valence-corrected chi connectivity index (χ3v) is 4.16. The van der Waals surface area contributed by atoms with E-state index in [1.165, 1.54) is 28.9 Å². The summed E-state index contributed by atoms with van der Waals surface area (Å²) in [4.78, 5) is 24.3.